The molecule has 0 aromatic carbocycles. The van der Waals surface area contributed by atoms with Crippen LogP contribution in [0.3, 0.4) is 0 Å². The summed E-state index contributed by atoms with van der Waals surface area (Å²) in [7, 11) is 1.96. The zero-order chi connectivity index (χ0) is 10.6. The van der Waals surface area contributed by atoms with Gasteiger partial charge in [-0.15, -0.1) is 0 Å². The Labute approximate surface area is 85.0 Å². The number of aliphatic hydroxyl groups is 1. The summed E-state index contributed by atoms with van der Waals surface area (Å²) in [6, 6.07) is 0. The highest BCUT2D eigenvalue weighted by Gasteiger charge is 2.08. The summed E-state index contributed by atoms with van der Waals surface area (Å²) in [5, 5.41) is 12.7. The maximum atomic E-state index is 9.54. The zero-order valence-corrected chi connectivity index (χ0v) is 9.07. The smallest absolute Gasteiger partial charge is 0.0945 e. The van der Waals surface area contributed by atoms with Gasteiger partial charge in [-0.25, -0.2) is 4.98 Å². The van der Waals surface area contributed by atoms with Gasteiger partial charge in [0.25, 0.3) is 0 Å². The van der Waals surface area contributed by atoms with E-state index in [1.54, 1.807) is 6.33 Å². The van der Waals surface area contributed by atoms with E-state index in [1.807, 2.05) is 31.7 Å². The van der Waals surface area contributed by atoms with Crippen molar-refractivity contribution in [1.29, 1.82) is 0 Å². The van der Waals surface area contributed by atoms with E-state index in [0.29, 0.717) is 12.5 Å². The van der Waals surface area contributed by atoms with E-state index in [-0.39, 0.29) is 6.10 Å². The molecule has 2 N–H and O–H groups in total. The normalized spacial score (nSPS) is 13.5. The van der Waals surface area contributed by atoms with Crippen LogP contribution < -0.4 is 5.32 Å². The summed E-state index contributed by atoms with van der Waals surface area (Å²) in [5.74, 6) is 0.300. The molecule has 0 aliphatic heterocycles. The predicted molar refractivity (Wildman–Crippen MR) is 55.8 cm³/mol. The number of nitrogens with zero attached hydrogens (tertiary/aromatic N) is 2. The Hall–Kier alpha value is -0.870. The Morgan fingerprint density at radius 2 is 2.29 bits per heavy atom. The summed E-state index contributed by atoms with van der Waals surface area (Å²) >= 11 is 0. The molecule has 1 aromatic heterocycles. The molecule has 1 heterocycles. The van der Waals surface area contributed by atoms with Crippen molar-refractivity contribution in [3.63, 3.8) is 0 Å². The van der Waals surface area contributed by atoms with Gasteiger partial charge in [0.2, 0.25) is 0 Å². The second kappa shape index (κ2) is 5.12. The molecule has 14 heavy (non-hydrogen) atoms. The molecule has 80 valence electrons. The standard InChI is InChI=1S/C10H19N3O/c1-8(2)10(14)6-11-4-9-5-12-7-13(9)3/h5,7-8,10-11,14H,4,6H2,1-3H3. The first kappa shape index (κ1) is 11.2. The first-order valence-corrected chi connectivity index (χ1v) is 4.95. The Morgan fingerprint density at radius 1 is 1.57 bits per heavy atom. The van der Waals surface area contributed by atoms with Crippen LogP contribution in [0.2, 0.25) is 0 Å². The van der Waals surface area contributed by atoms with Crippen LogP contribution in [0, 0.1) is 5.92 Å². The van der Waals surface area contributed by atoms with Crippen molar-refractivity contribution in [2.24, 2.45) is 13.0 Å². The van der Waals surface area contributed by atoms with Crippen LogP contribution in [0.15, 0.2) is 12.5 Å². The van der Waals surface area contributed by atoms with Gasteiger partial charge in [-0.1, -0.05) is 13.8 Å². The zero-order valence-electron chi connectivity index (χ0n) is 9.07. The van der Waals surface area contributed by atoms with E-state index >= 15 is 0 Å². The fraction of sp³-hybridized carbons (Fsp3) is 0.700. The van der Waals surface area contributed by atoms with Gasteiger partial charge in [0.05, 0.1) is 18.1 Å². The van der Waals surface area contributed by atoms with Crippen molar-refractivity contribution in [2.75, 3.05) is 6.54 Å². The number of rotatable bonds is 5. The fourth-order valence-corrected chi connectivity index (χ4v) is 1.14. The van der Waals surface area contributed by atoms with E-state index in [2.05, 4.69) is 10.3 Å². The Morgan fingerprint density at radius 3 is 2.79 bits per heavy atom. The van der Waals surface area contributed by atoms with Crippen LogP contribution in [-0.4, -0.2) is 27.3 Å². The van der Waals surface area contributed by atoms with E-state index in [0.717, 1.165) is 12.2 Å². The molecule has 0 radical (unpaired) electrons. The Kier molecular flexibility index (Phi) is 4.10. The number of aryl methyl sites for hydroxylation is 1. The summed E-state index contributed by atoms with van der Waals surface area (Å²) in [5.41, 5.74) is 1.13. The summed E-state index contributed by atoms with van der Waals surface area (Å²) in [6.45, 7) is 5.40. The second-order valence-corrected chi connectivity index (χ2v) is 3.94. The van der Waals surface area contributed by atoms with Crippen molar-refractivity contribution < 1.29 is 5.11 Å². The number of aliphatic hydroxyl groups excluding tert-OH is 1. The first-order chi connectivity index (χ1) is 6.61. The third-order valence-electron chi connectivity index (χ3n) is 2.35. The van der Waals surface area contributed by atoms with Crippen LogP contribution in [-0.2, 0) is 13.6 Å². The van der Waals surface area contributed by atoms with Gasteiger partial charge in [-0.2, -0.15) is 0 Å². The summed E-state index contributed by atoms with van der Waals surface area (Å²) in [4.78, 5) is 4.02. The van der Waals surface area contributed by atoms with Crippen molar-refractivity contribution in [2.45, 2.75) is 26.5 Å². The largest absolute Gasteiger partial charge is 0.392 e. The highest BCUT2D eigenvalue weighted by atomic mass is 16.3. The molecule has 1 atom stereocenters. The predicted octanol–water partition coefficient (Wildman–Crippen LogP) is 0.527. The van der Waals surface area contributed by atoms with Crippen LogP contribution in [0.4, 0.5) is 0 Å². The summed E-state index contributed by atoms with van der Waals surface area (Å²) in [6.07, 6.45) is 3.33. The van der Waals surface area contributed by atoms with Crippen LogP contribution in [0.1, 0.15) is 19.5 Å². The van der Waals surface area contributed by atoms with Crippen LogP contribution in [0.5, 0.6) is 0 Å². The van der Waals surface area contributed by atoms with E-state index < -0.39 is 0 Å². The van der Waals surface area contributed by atoms with Gasteiger partial charge in [-0.3, -0.25) is 0 Å². The number of hydrogen-bond donors (Lipinski definition) is 2. The molecule has 0 amide bonds. The minimum atomic E-state index is -0.275. The van der Waals surface area contributed by atoms with E-state index in [4.69, 9.17) is 0 Å². The highest BCUT2D eigenvalue weighted by Crippen LogP contribution is 2.00. The SMILES string of the molecule is CC(C)C(O)CNCc1cncn1C. The van der Waals surface area contributed by atoms with E-state index in [1.165, 1.54) is 0 Å². The Balaban J connectivity index is 2.25. The molecular formula is C10H19N3O. The van der Waals surface area contributed by atoms with Crippen LogP contribution in [0.25, 0.3) is 0 Å². The maximum absolute atomic E-state index is 9.54. The molecule has 0 aliphatic carbocycles. The van der Waals surface area contributed by atoms with Crippen molar-refractivity contribution >= 4 is 0 Å². The van der Waals surface area contributed by atoms with Gasteiger partial charge in [-0.05, 0) is 5.92 Å². The molecule has 0 aliphatic rings. The third-order valence-corrected chi connectivity index (χ3v) is 2.35. The number of imidazole rings is 1. The maximum Gasteiger partial charge on any atom is 0.0945 e. The lowest BCUT2D eigenvalue weighted by atomic mass is 10.1. The average Bonchev–Trinajstić information content (AvgIpc) is 2.51. The van der Waals surface area contributed by atoms with Gasteiger partial charge in [0.1, 0.15) is 0 Å². The quantitative estimate of drug-likeness (QED) is 0.724. The number of nitrogens with one attached hydrogen (secondary N) is 1. The highest BCUT2D eigenvalue weighted by molar-refractivity contribution is 4.96. The first-order valence-electron chi connectivity index (χ1n) is 4.95. The molecule has 4 nitrogen and oxygen atoms in total. The second-order valence-electron chi connectivity index (χ2n) is 3.94. The molecule has 0 saturated heterocycles. The molecular weight excluding hydrogens is 178 g/mol. The molecule has 0 bridgehead atoms. The lowest BCUT2D eigenvalue weighted by Crippen LogP contribution is -2.30. The molecule has 1 aromatic rings. The van der Waals surface area contributed by atoms with Crippen molar-refractivity contribution in [1.82, 2.24) is 14.9 Å². The van der Waals surface area contributed by atoms with Gasteiger partial charge >= 0.3 is 0 Å². The van der Waals surface area contributed by atoms with Crippen molar-refractivity contribution in [3.05, 3.63) is 18.2 Å². The summed E-state index contributed by atoms with van der Waals surface area (Å²) < 4.78 is 1.97. The van der Waals surface area contributed by atoms with E-state index in [9.17, 15) is 5.11 Å². The lowest BCUT2D eigenvalue weighted by Gasteiger charge is -2.14. The topological polar surface area (TPSA) is 50.1 Å². The minimum Gasteiger partial charge on any atom is -0.392 e. The molecule has 4 heteroatoms. The Bertz CT molecular complexity index is 270. The van der Waals surface area contributed by atoms with Crippen LogP contribution >= 0.6 is 0 Å². The fourth-order valence-electron chi connectivity index (χ4n) is 1.14. The van der Waals surface area contributed by atoms with Gasteiger partial charge in [0, 0.05) is 26.3 Å². The van der Waals surface area contributed by atoms with Crippen molar-refractivity contribution in [3.8, 4) is 0 Å². The van der Waals surface area contributed by atoms with Gasteiger partial charge < -0.3 is 15.0 Å². The molecule has 0 fully saturated rings. The van der Waals surface area contributed by atoms with Gasteiger partial charge in [0.15, 0.2) is 0 Å². The number of aromatic nitrogens is 2. The molecule has 1 rings (SSSR count). The number of hydrogen-bond acceptors (Lipinski definition) is 3. The lowest BCUT2D eigenvalue weighted by molar-refractivity contribution is 0.123. The molecule has 1 unspecified atom stereocenters. The third kappa shape index (κ3) is 3.12. The molecule has 0 saturated carbocycles. The monoisotopic (exact) mass is 197 g/mol. The minimum absolute atomic E-state index is 0.275. The molecule has 0 spiro atoms. The average molecular weight is 197 g/mol.